The average molecular weight is 188 g/mol. The molecule has 0 saturated carbocycles. The van der Waals surface area contributed by atoms with Gasteiger partial charge in [-0.05, 0) is 24.6 Å². The molecule has 0 aliphatic carbocycles. The van der Waals surface area contributed by atoms with E-state index in [1.165, 1.54) is 19.1 Å². The number of halogens is 2. The molecule has 0 radical (unpaired) electrons. The third kappa shape index (κ3) is 1.41. The van der Waals surface area contributed by atoms with Crippen LogP contribution in [0.2, 0.25) is 5.02 Å². The van der Waals surface area contributed by atoms with E-state index >= 15 is 0 Å². The van der Waals surface area contributed by atoms with Crippen LogP contribution in [0.15, 0.2) is 12.1 Å². The number of carbonyl (C=O) groups excluding carboxylic acids is 1. The van der Waals surface area contributed by atoms with Crippen molar-refractivity contribution in [2.24, 2.45) is 5.73 Å². The number of hydrogen-bond donors (Lipinski definition) is 1. The zero-order valence-corrected chi connectivity index (χ0v) is 7.15. The first-order valence-electron chi connectivity index (χ1n) is 3.28. The summed E-state index contributed by atoms with van der Waals surface area (Å²) in [4.78, 5) is 10.7. The minimum atomic E-state index is -0.650. The van der Waals surface area contributed by atoms with Crippen LogP contribution < -0.4 is 5.73 Å². The third-order valence-corrected chi connectivity index (χ3v) is 1.90. The lowest BCUT2D eigenvalue weighted by Gasteiger charge is -2.03. The van der Waals surface area contributed by atoms with Crippen LogP contribution in [-0.2, 0) is 0 Å². The lowest BCUT2D eigenvalue weighted by atomic mass is 10.1. The Morgan fingerprint density at radius 2 is 2.17 bits per heavy atom. The van der Waals surface area contributed by atoms with E-state index in [0.29, 0.717) is 0 Å². The first kappa shape index (κ1) is 9.00. The van der Waals surface area contributed by atoms with Gasteiger partial charge >= 0.3 is 0 Å². The average Bonchev–Trinajstić information content (AvgIpc) is 2.00. The molecule has 0 saturated heterocycles. The zero-order valence-electron chi connectivity index (χ0n) is 6.40. The maximum absolute atomic E-state index is 13.0. The second-order valence-electron chi connectivity index (χ2n) is 2.40. The van der Waals surface area contributed by atoms with Gasteiger partial charge in [-0.15, -0.1) is 0 Å². The maximum Gasteiger partial charge on any atom is 0.249 e. The Labute approximate surface area is 74.1 Å². The van der Waals surface area contributed by atoms with Crippen molar-refractivity contribution in [3.8, 4) is 0 Å². The SMILES string of the molecule is Cc1c(C(N)=O)ccc(Cl)c1F. The van der Waals surface area contributed by atoms with Crippen LogP contribution >= 0.6 is 11.6 Å². The molecular weight excluding hydrogens is 181 g/mol. The quantitative estimate of drug-likeness (QED) is 0.717. The van der Waals surface area contributed by atoms with Crippen LogP contribution in [0.3, 0.4) is 0 Å². The van der Waals surface area contributed by atoms with E-state index in [9.17, 15) is 9.18 Å². The molecule has 12 heavy (non-hydrogen) atoms. The number of amides is 1. The lowest BCUT2D eigenvalue weighted by Crippen LogP contribution is -2.13. The largest absolute Gasteiger partial charge is 0.366 e. The number of benzene rings is 1. The number of hydrogen-bond acceptors (Lipinski definition) is 1. The van der Waals surface area contributed by atoms with Gasteiger partial charge in [0.15, 0.2) is 0 Å². The molecule has 0 unspecified atom stereocenters. The predicted molar refractivity (Wildman–Crippen MR) is 44.7 cm³/mol. The highest BCUT2D eigenvalue weighted by molar-refractivity contribution is 6.30. The molecule has 2 nitrogen and oxygen atoms in total. The van der Waals surface area contributed by atoms with Crippen molar-refractivity contribution in [1.29, 1.82) is 0 Å². The lowest BCUT2D eigenvalue weighted by molar-refractivity contribution is 0.0999. The van der Waals surface area contributed by atoms with Crippen LogP contribution in [0.4, 0.5) is 4.39 Å². The van der Waals surface area contributed by atoms with Crippen LogP contribution in [0, 0.1) is 12.7 Å². The summed E-state index contributed by atoms with van der Waals surface area (Å²) in [6.45, 7) is 1.46. The monoisotopic (exact) mass is 187 g/mol. The molecule has 0 aromatic heterocycles. The van der Waals surface area contributed by atoms with Gasteiger partial charge in [-0.2, -0.15) is 0 Å². The van der Waals surface area contributed by atoms with Crippen LogP contribution in [0.1, 0.15) is 15.9 Å². The van der Waals surface area contributed by atoms with Crippen molar-refractivity contribution in [3.63, 3.8) is 0 Å². The van der Waals surface area contributed by atoms with Crippen molar-refractivity contribution in [3.05, 3.63) is 34.1 Å². The van der Waals surface area contributed by atoms with Crippen LogP contribution in [0.25, 0.3) is 0 Å². The summed E-state index contributed by atoms with van der Waals surface area (Å²) in [6, 6.07) is 2.72. The van der Waals surface area contributed by atoms with Crippen molar-refractivity contribution >= 4 is 17.5 Å². The highest BCUT2D eigenvalue weighted by Crippen LogP contribution is 2.20. The smallest absolute Gasteiger partial charge is 0.249 e. The molecule has 0 bridgehead atoms. The molecule has 1 amide bonds. The normalized spacial score (nSPS) is 9.92. The van der Waals surface area contributed by atoms with Gasteiger partial charge in [0.2, 0.25) is 5.91 Å². The second-order valence-corrected chi connectivity index (χ2v) is 2.81. The maximum atomic E-state index is 13.0. The molecule has 0 aliphatic heterocycles. The molecule has 0 atom stereocenters. The van der Waals surface area contributed by atoms with Gasteiger partial charge in [0.25, 0.3) is 0 Å². The molecule has 0 spiro atoms. The fourth-order valence-corrected chi connectivity index (χ4v) is 1.12. The van der Waals surface area contributed by atoms with Crippen molar-refractivity contribution in [2.45, 2.75) is 6.92 Å². The molecule has 1 rings (SSSR count). The fourth-order valence-electron chi connectivity index (χ4n) is 0.919. The first-order valence-corrected chi connectivity index (χ1v) is 3.66. The molecule has 64 valence electrons. The summed E-state index contributed by atoms with van der Waals surface area (Å²) in [6.07, 6.45) is 0. The van der Waals surface area contributed by atoms with Gasteiger partial charge in [0, 0.05) is 5.56 Å². The van der Waals surface area contributed by atoms with Crippen molar-refractivity contribution in [2.75, 3.05) is 0 Å². The molecular formula is C8H7ClFNO. The van der Waals surface area contributed by atoms with Crippen LogP contribution in [0.5, 0.6) is 0 Å². The van der Waals surface area contributed by atoms with E-state index in [2.05, 4.69) is 0 Å². The number of nitrogens with two attached hydrogens (primary N) is 1. The molecule has 1 aromatic rings. The Balaban J connectivity index is 3.36. The summed E-state index contributed by atoms with van der Waals surface area (Å²) in [5, 5.41) is -0.00231. The molecule has 4 heteroatoms. The topological polar surface area (TPSA) is 43.1 Å². The Bertz CT molecular complexity index is 338. The van der Waals surface area contributed by atoms with E-state index < -0.39 is 11.7 Å². The third-order valence-electron chi connectivity index (χ3n) is 1.60. The Morgan fingerprint density at radius 1 is 1.58 bits per heavy atom. The van der Waals surface area contributed by atoms with Gasteiger partial charge in [-0.1, -0.05) is 11.6 Å². The molecule has 2 N–H and O–H groups in total. The number of primary amides is 1. The number of rotatable bonds is 1. The van der Waals surface area contributed by atoms with E-state index in [0.717, 1.165) is 0 Å². The standard InChI is InChI=1S/C8H7ClFNO/c1-4-5(8(11)12)2-3-6(9)7(4)10/h2-3H,1H3,(H2,11,12). The Morgan fingerprint density at radius 3 is 2.67 bits per heavy atom. The Kier molecular flexibility index (Phi) is 2.33. The van der Waals surface area contributed by atoms with Crippen LogP contribution in [-0.4, -0.2) is 5.91 Å². The Hall–Kier alpha value is -1.09. The van der Waals surface area contributed by atoms with E-state index in [1.807, 2.05) is 0 Å². The van der Waals surface area contributed by atoms with Gasteiger partial charge in [-0.25, -0.2) is 4.39 Å². The number of carbonyl (C=O) groups is 1. The van der Waals surface area contributed by atoms with E-state index in [-0.39, 0.29) is 16.1 Å². The van der Waals surface area contributed by atoms with E-state index in [4.69, 9.17) is 17.3 Å². The molecule has 0 aliphatic rings. The fraction of sp³-hybridized carbons (Fsp3) is 0.125. The van der Waals surface area contributed by atoms with Gasteiger partial charge in [0.05, 0.1) is 5.02 Å². The molecule has 0 heterocycles. The summed E-state index contributed by atoms with van der Waals surface area (Å²) in [5.41, 5.74) is 5.34. The van der Waals surface area contributed by atoms with E-state index in [1.54, 1.807) is 0 Å². The minimum absolute atomic E-state index is 0.00231. The summed E-state index contributed by atoms with van der Waals surface area (Å²) >= 11 is 5.46. The highest BCUT2D eigenvalue weighted by Gasteiger charge is 2.11. The van der Waals surface area contributed by atoms with Crippen molar-refractivity contribution < 1.29 is 9.18 Å². The van der Waals surface area contributed by atoms with Crippen molar-refractivity contribution in [1.82, 2.24) is 0 Å². The van der Waals surface area contributed by atoms with Gasteiger partial charge in [-0.3, -0.25) is 4.79 Å². The predicted octanol–water partition coefficient (Wildman–Crippen LogP) is 1.89. The second kappa shape index (κ2) is 3.11. The minimum Gasteiger partial charge on any atom is -0.366 e. The summed E-state index contributed by atoms with van der Waals surface area (Å²) < 4.78 is 13.0. The summed E-state index contributed by atoms with van der Waals surface area (Å²) in [5.74, 6) is -1.24. The summed E-state index contributed by atoms with van der Waals surface area (Å²) in [7, 11) is 0. The first-order chi connectivity index (χ1) is 5.54. The highest BCUT2D eigenvalue weighted by atomic mass is 35.5. The molecule has 1 aromatic carbocycles. The van der Waals surface area contributed by atoms with Gasteiger partial charge < -0.3 is 5.73 Å². The zero-order chi connectivity index (χ0) is 9.30. The van der Waals surface area contributed by atoms with Gasteiger partial charge in [0.1, 0.15) is 5.82 Å². The molecule has 0 fully saturated rings.